The molecule has 0 unspecified atom stereocenters. The van der Waals surface area contributed by atoms with Gasteiger partial charge in [0.15, 0.2) is 0 Å². The van der Waals surface area contributed by atoms with Crippen LogP contribution in [-0.2, 0) is 11.3 Å². The Labute approximate surface area is 146 Å². The summed E-state index contributed by atoms with van der Waals surface area (Å²) >= 11 is 2.99. The van der Waals surface area contributed by atoms with E-state index in [-0.39, 0.29) is 16.7 Å². The highest BCUT2D eigenvalue weighted by Gasteiger charge is 2.31. The third-order valence-corrected chi connectivity index (χ3v) is 4.01. The van der Waals surface area contributed by atoms with Crippen LogP contribution in [0.3, 0.4) is 0 Å². The molecule has 1 heterocycles. The van der Waals surface area contributed by atoms with Gasteiger partial charge in [-0.1, -0.05) is 0 Å². The van der Waals surface area contributed by atoms with Crippen molar-refractivity contribution in [1.29, 1.82) is 0 Å². The van der Waals surface area contributed by atoms with Crippen LogP contribution in [0.1, 0.15) is 17.8 Å². The fraction of sp³-hybridized carbons (Fsp3) is 0.286. The van der Waals surface area contributed by atoms with Gasteiger partial charge in [-0.3, -0.25) is 9.48 Å². The highest BCUT2D eigenvalue weighted by atomic mass is 79.9. The molecule has 1 N–H and O–H groups in total. The van der Waals surface area contributed by atoms with E-state index in [4.69, 9.17) is 0 Å². The summed E-state index contributed by atoms with van der Waals surface area (Å²) in [4.78, 5) is 12.0. The minimum Gasteiger partial charge on any atom is -0.406 e. The zero-order chi connectivity index (χ0) is 18.8. The monoisotopic (exact) mass is 427 g/mol. The molecule has 2 aromatic rings. The Morgan fingerprint density at radius 2 is 1.92 bits per heavy atom. The molecule has 0 aliphatic rings. The van der Waals surface area contributed by atoms with Crippen molar-refractivity contribution in [2.45, 2.75) is 26.3 Å². The van der Waals surface area contributed by atoms with Crippen molar-refractivity contribution in [1.82, 2.24) is 9.78 Å². The van der Waals surface area contributed by atoms with E-state index in [9.17, 15) is 26.7 Å². The van der Waals surface area contributed by atoms with Gasteiger partial charge >= 0.3 is 6.36 Å². The van der Waals surface area contributed by atoms with Crippen molar-refractivity contribution < 1.29 is 31.5 Å². The number of ether oxygens (including phenoxy) is 1. The standard InChI is InChI=1S/C14H11BrF5N3O2/c1-7-11(15)12(13(16)17)22-23(7)6-10(24)21-8-2-4-9(5-3-8)25-14(18,19)20/h2-5,13H,6H2,1H3,(H,21,24). The van der Waals surface area contributed by atoms with Crippen molar-refractivity contribution in [3.8, 4) is 5.75 Å². The first kappa shape index (κ1) is 19.2. The lowest BCUT2D eigenvalue weighted by molar-refractivity contribution is -0.274. The summed E-state index contributed by atoms with van der Waals surface area (Å²) in [5.41, 5.74) is 0.0933. The molecule has 0 aliphatic heterocycles. The molecule has 136 valence electrons. The first-order valence-corrected chi connectivity index (χ1v) is 7.52. The van der Waals surface area contributed by atoms with Crippen LogP contribution in [0.15, 0.2) is 28.7 Å². The Kier molecular flexibility index (Phi) is 5.65. The number of amides is 1. The number of rotatable bonds is 5. The fourth-order valence-corrected chi connectivity index (χ4v) is 2.37. The van der Waals surface area contributed by atoms with Gasteiger partial charge in [-0.05, 0) is 47.1 Å². The first-order chi connectivity index (χ1) is 11.6. The Morgan fingerprint density at radius 3 is 2.40 bits per heavy atom. The fourth-order valence-electron chi connectivity index (χ4n) is 1.92. The maximum atomic E-state index is 12.8. The predicted octanol–water partition coefficient (Wildman–Crippen LogP) is 4.43. The van der Waals surface area contributed by atoms with Gasteiger partial charge in [-0.25, -0.2) is 8.78 Å². The van der Waals surface area contributed by atoms with E-state index < -0.39 is 30.1 Å². The topological polar surface area (TPSA) is 56.2 Å². The first-order valence-electron chi connectivity index (χ1n) is 6.73. The van der Waals surface area contributed by atoms with Crippen LogP contribution in [-0.4, -0.2) is 22.1 Å². The maximum Gasteiger partial charge on any atom is 0.573 e. The average Bonchev–Trinajstić information content (AvgIpc) is 2.76. The van der Waals surface area contributed by atoms with Gasteiger partial charge < -0.3 is 10.1 Å². The second-order valence-electron chi connectivity index (χ2n) is 4.86. The molecule has 0 atom stereocenters. The van der Waals surface area contributed by atoms with Crippen molar-refractivity contribution >= 4 is 27.5 Å². The number of alkyl halides is 5. The molecular weight excluding hydrogens is 417 g/mol. The molecule has 0 saturated heterocycles. The van der Waals surface area contributed by atoms with E-state index in [2.05, 4.69) is 31.1 Å². The normalized spacial score (nSPS) is 11.7. The predicted molar refractivity (Wildman–Crippen MR) is 81.4 cm³/mol. The van der Waals surface area contributed by atoms with Gasteiger partial charge in [0.25, 0.3) is 6.43 Å². The van der Waals surface area contributed by atoms with Gasteiger partial charge in [0, 0.05) is 5.69 Å². The lowest BCUT2D eigenvalue weighted by Crippen LogP contribution is -2.20. The molecule has 0 saturated carbocycles. The average molecular weight is 428 g/mol. The van der Waals surface area contributed by atoms with Gasteiger partial charge in [0.2, 0.25) is 5.91 Å². The quantitative estimate of drug-likeness (QED) is 0.718. The molecule has 0 bridgehead atoms. The zero-order valence-corrected chi connectivity index (χ0v) is 14.2. The van der Waals surface area contributed by atoms with Crippen molar-refractivity contribution in [3.63, 3.8) is 0 Å². The number of hydrogen-bond acceptors (Lipinski definition) is 3. The van der Waals surface area contributed by atoms with Crippen LogP contribution >= 0.6 is 15.9 Å². The number of nitrogens with zero attached hydrogens (tertiary/aromatic N) is 2. The maximum absolute atomic E-state index is 12.8. The van der Waals surface area contributed by atoms with Gasteiger partial charge in [0.05, 0.1) is 10.2 Å². The van der Waals surface area contributed by atoms with Crippen LogP contribution in [0.5, 0.6) is 5.75 Å². The molecule has 0 aliphatic carbocycles. The van der Waals surface area contributed by atoms with E-state index in [1.807, 2.05) is 0 Å². The smallest absolute Gasteiger partial charge is 0.406 e. The molecule has 11 heteroatoms. The summed E-state index contributed by atoms with van der Waals surface area (Å²) < 4.78 is 66.6. The van der Waals surface area contributed by atoms with Crippen LogP contribution in [0, 0.1) is 6.92 Å². The summed E-state index contributed by atoms with van der Waals surface area (Å²) in [7, 11) is 0. The Bertz CT molecular complexity index is 759. The number of anilines is 1. The Balaban J connectivity index is 2.02. The second kappa shape index (κ2) is 7.38. The molecule has 1 aromatic carbocycles. The molecule has 0 spiro atoms. The molecule has 25 heavy (non-hydrogen) atoms. The molecular formula is C14H11BrF5N3O2. The van der Waals surface area contributed by atoms with Crippen LogP contribution in [0.2, 0.25) is 0 Å². The van der Waals surface area contributed by atoms with Gasteiger partial charge in [-0.15, -0.1) is 13.2 Å². The van der Waals surface area contributed by atoms with Crippen LogP contribution < -0.4 is 10.1 Å². The SMILES string of the molecule is Cc1c(Br)c(C(F)F)nn1CC(=O)Nc1ccc(OC(F)(F)F)cc1. The lowest BCUT2D eigenvalue weighted by atomic mass is 10.3. The van der Waals surface area contributed by atoms with E-state index >= 15 is 0 Å². The number of hydrogen-bond donors (Lipinski definition) is 1. The van der Waals surface area contributed by atoms with E-state index in [0.29, 0.717) is 5.69 Å². The number of benzene rings is 1. The number of carbonyl (C=O) groups is 1. The van der Waals surface area contributed by atoms with Gasteiger partial charge in [-0.2, -0.15) is 5.10 Å². The molecule has 2 rings (SSSR count). The van der Waals surface area contributed by atoms with Crippen LogP contribution in [0.25, 0.3) is 0 Å². The summed E-state index contributed by atoms with van der Waals surface area (Å²) in [5.74, 6) is -1.01. The van der Waals surface area contributed by atoms with E-state index in [1.54, 1.807) is 0 Å². The van der Waals surface area contributed by atoms with Crippen molar-refractivity contribution in [3.05, 3.63) is 40.1 Å². The van der Waals surface area contributed by atoms with E-state index in [0.717, 1.165) is 16.8 Å². The second-order valence-corrected chi connectivity index (χ2v) is 5.66. The molecule has 1 amide bonds. The molecule has 1 aromatic heterocycles. The highest BCUT2D eigenvalue weighted by Crippen LogP contribution is 2.29. The Hall–Kier alpha value is -2.17. The van der Waals surface area contributed by atoms with Gasteiger partial charge in [0.1, 0.15) is 18.0 Å². The number of halogens is 6. The molecule has 0 radical (unpaired) electrons. The third-order valence-electron chi connectivity index (χ3n) is 3.03. The summed E-state index contributed by atoms with van der Waals surface area (Å²) in [5, 5.41) is 6.09. The molecule has 5 nitrogen and oxygen atoms in total. The number of nitrogens with one attached hydrogen (secondary N) is 1. The molecule has 0 fully saturated rings. The summed E-state index contributed by atoms with van der Waals surface area (Å²) in [6, 6.07) is 4.51. The Morgan fingerprint density at radius 1 is 1.32 bits per heavy atom. The lowest BCUT2D eigenvalue weighted by Gasteiger charge is -2.10. The van der Waals surface area contributed by atoms with Crippen LogP contribution in [0.4, 0.5) is 27.6 Å². The highest BCUT2D eigenvalue weighted by molar-refractivity contribution is 9.10. The van der Waals surface area contributed by atoms with E-state index in [1.165, 1.54) is 19.1 Å². The van der Waals surface area contributed by atoms with Crippen molar-refractivity contribution in [2.24, 2.45) is 0 Å². The summed E-state index contributed by atoms with van der Waals surface area (Å²) in [6.45, 7) is 1.18. The minimum absolute atomic E-state index is 0.115. The zero-order valence-electron chi connectivity index (χ0n) is 12.6. The number of aromatic nitrogens is 2. The largest absolute Gasteiger partial charge is 0.573 e. The summed E-state index contributed by atoms with van der Waals surface area (Å²) in [6.07, 6.45) is -7.60. The van der Waals surface area contributed by atoms with Crippen molar-refractivity contribution in [2.75, 3.05) is 5.32 Å². The third kappa shape index (κ3) is 5.15. The number of carbonyl (C=O) groups excluding carboxylic acids is 1. The minimum atomic E-state index is -4.81.